The summed E-state index contributed by atoms with van der Waals surface area (Å²) in [5.74, 6) is 3.45. The maximum absolute atomic E-state index is 13.0. The van der Waals surface area contributed by atoms with Crippen molar-refractivity contribution in [2.75, 3.05) is 0 Å². The number of carbonyl (C=O) groups is 1. The zero-order chi connectivity index (χ0) is 19.7. The second kappa shape index (κ2) is 10.5. The van der Waals surface area contributed by atoms with E-state index >= 15 is 0 Å². The fourth-order valence-electron chi connectivity index (χ4n) is 4.00. The first kappa shape index (κ1) is 22.4. The summed E-state index contributed by atoms with van der Waals surface area (Å²) in [5.41, 5.74) is 6.83. The van der Waals surface area contributed by atoms with Gasteiger partial charge in [-0.15, -0.1) is 5.54 Å². The van der Waals surface area contributed by atoms with Crippen molar-refractivity contribution in [3.63, 3.8) is 0 Å². The van der Waals surface area contributed by atoms with Crippen molar-refractivity contribution < 1.29 is 4.79 Å². The van der Waals surface area contributed by atoms with E-state index in [9.17, 15) is 4.79 Å². The van der Waals surface area contributed by atoms with Crippen molar-refractivity contribution in [3.05, 3.63) is 47.5 Å². The summed E-state index contributed by atoms with van der Waals surface area (Å²) in [7, 11) is -1.84. The fourth-order valence-corrected chi connectivity index (χ4v) is 9.22. The molecule has 0 amide bonds. The zero-order valence-electron chi connectivity index (χ0n) is 17.7. The summed E-state index contributed by atoms with van der Waals surface area (Å²) < 4.78 is 0. The van der Waals surface area contributed by atoms with E-state index in [0.29, 0.717) is 22.2 Å². The summed E-state index contributed by atoms with van der Waals surface area (Å²) >= 11 is 0. The summed E-state index contributed by atoms with van der Waals surface area (Å²) in [6.07, 6.45) is 5.19. The van der Waals surface area contributed by atoms with Gasteiger partial charge < -0.3 is 0 Å². The predicted octanol–water partition coefficient (Wildman–Crippen LogP) is 7.21. The Kier molecular flexibility index (Phi) is 9.09. The molecule has 0 aromatic heterocycles. The second-order valence-corrected chi connectivity index (χ2v) is 13.7. The van der Waals surface area contributed by atoms with Crippen LogP contribution in [0.1, 0.15) is 78.1 Å². The molecule has 0 aliphatic heterocycles. The molecule has 0 heterocycles. The van der Waals surface area contributed by atoms with E-state index in [1.807, 2.05) is 30.3 Å². The number of carbonyl (C=O) groups excluding carboxylic acids is 1. The number of Topliss-reactive ketones (excluding diaryl/α,β-unsaturated/α-hetero) is 1. The first-order valence-corrected chi connectivity index (χ1v) is 12.3. The quantitative estimate of drug-likeness (QED) is 0.156. The third-order valence-corrected chi connectivity index (χ3v) is 11.8. The number of rotatable bonds is 8. The number of hydrogen-bond donors (Lipinski definition) is 0. The van der Waals surface area contributed by atoms with Gasteiger partial charge in [-0.25, -0.2) is 0 Å². The molecular formula is C24H36OSi. The average Bonchev–Trinajstić information content (AvgIpc) is 2.60. The van der Waals surface area contributed by atoms with Crippen molar-refractivity contribution in [2.45, 2.75) is 84.4 Å². The molecule has 26 heavy (non-hydrogen) atoms. The van der Waals surface area contributed by atoms with Gasteiger partial charge in [-0.2, -0.15) is 0 Å². The van der Waals surface area contributed by atoms with Gasteiger partial charge >= 0.3 is 0 Å². The molecule has 2 heteroatoms. The van der Waals surface area contributed by atoms with E-state index in [2.05, 4.69) is 66.0 Å². The molecule has 0 saturated carbocycles. The predicted molar refractivity (Wildman–Crippen MR) is 117 cm³/mol. The number of ketones is 1. The van der Waals surface area contributed by atoms with Crippen molar-refractivity contribution in [1.29, 1.82) is 0 Å². The Labute approximate surface area is 162 Å². The Morgan fingerprint density at radius 2 is 1.54 bits per heavy atom. The molecule has 142 valence electrons. The smallest absolute Gasteiger partial charge is 0.201 e. The molecule has 0 aliphatic rings. The summed E-state index contributed by atoms with van der Waals surface area (Å²) in [6, 6.07) is 9.54. The SMILES string of the molecule is CCCC/C=C(/C#C[Si](C(C)C)(C(C)C)C(C)C)C(=O)c1ccccc1. The standard InChI is InChI=1S/C24H36OSi/c1-8-9-11-14-23(24(25)22-15-12-10-13-16-22)17-18-26(19(2)3,20(4)5)21(6)7/h10,12-16,19-21H,8-9,11H2,1-7H3/b23-14-. The Balaban J connectivity index is 3.35. The van der Waals surface area contributed by atoms with Crippen LogP contribution < -0.4 is 0 Å². The van der Waals surface area contributed by atoms with Gasteiger partial charge in [0.25, 0.3) is 0 Å². The normalized spacial score (nSPS) is 12.5. The third kappa shape index (κ3) is 5.45. The molecule has 0 spiro atoms. The Morgan fingerprint density at radius 3 is 2.00 bits per heavy atom. The van der Waals surface area contributed by atoms with Crippen LogP contribution in [0, 0.1) is 11.5 Å². The van der Waals surface area contributed by atoms with E-state index in [-0.39, 0.29) is 5.78 Å². The second-order valence-electron chi connectivity index (χ2n) is 8.10. The van der Waals surface area contributed by atoms with Gasteiger partial charge in [0, 0.05) is 5.56 Å². The molecule has 0 unspecified atom stereocenters. The largest absolute Gasteiger partial charge is 0.288 e. The first-order valence-electron chi connectivity index (χ1n) is 10.1. The minimum Gasteiger partial charge on any atom is -0.288 e. The van der Waals surface area contributed by atoms with Crippen LogP contribution in [0.4, 0.5) is 0 Å². The summed E-state index contributed by atoms with van der Waals surface area (Å²) in [5, 5.41) is 0. The zero-order valence-corrected chi connectivity index (χ0v) is 18.7. The number of benzene rings is 1. The highest BCUT2D eigenvalue weighted by Crippen LogP contribution is 2.40. The molecule has 0 bridgehead atoms. The van der Waals surface area contributed by atoms with Crippen LogP contribution in [-0.2, 0) is 0 Å². The van der Waals surface area contributed by atoms with Gasteiger partial charge in [0.15, 0.2) is 0 Å². The number of unbranched alkanes of at least 4 members (excludes halogenated alkanes) is 2. The van der Waals surface area contributed by atoms with Gasteiger partial charge in [0.05, 0.1) is 5.57 Å². The molecule has 0 radical (unpaired) electrons. The van der Waals surface area contributed by atoms with Crippen molar-refractivity contribution in [3.8, 4) is 11.5 Å². The lowest BCUT2D eigenvalue weighted by molar-refractivity contribution is 0.103. The van der Waals surface area contributed by atoms with Crippen LogP contribution >= 0.6 is 0 Å². The molecule has 0 saturated heterocycles. The molecule has 1 aromatic rings. The lowest BCUT2D eigenvalue weighted by Gasteiger charge is -2.38. The Hall–Kier alpha value is -1.59. The van der Waals surface area contributed by atoms with Crippen molar-refractivity contribution >= 4 is 13.9 Å². The molecule has 1 nitrogen and oxygen atoms in total. The molecule has 0 N–H and O–H groups in total. The van der Waals surface area contributed by atoms with E-state index in [0.717, 1.165) is 24.8 Å². The topological polar surface area (TPSA) is 17.1 Å². The van der Waals surface area contributed by atoms with Gasteiger partial charge in [0.2, 0.25) is 5.78 Å². The molecule has 0 atom stereocenters. The maximum atomic E-state index is 13.0. The molecular weight excluding hydrogens is 332 g/mol. The average molecular weight is 369 g/mol. The number of hydrogen-bond acceptors (Lipinski definition) is 1. The maximum Gasteiger partial charge on any atom is 0.201 e. The molecule has 0 fully saturated rings. The summed E-state index contributed by atoms with van der Waals surface area (Å²) in [6.45, 7) is 16.0. The van der Waals surface area contributed by atoms with Gasteiger partial charge in [0.1, 0.15) is 8.07 Å². The van der Waals surface area contributed by atoms with Gasteiger partial charge in [-0.05, 0) is 23.0 Å². The van der Waals surface area contributed by atoms with Crippen LogP contribution in [0.3, 0.4) is 0 Å². The highest BCUT2D eigenvalue weighted by Gasteiger charge is 2.41. The van der Waals surface area contributed by atoms with E-state index in [1.54, 1.807) is 0 Å². The van der Waals surface area contributed by atoms with Crippen LogP contribution in [0.5, 0.6) is 0 Å². The van der Waals surface area contributed by atoms with Gasteiger partial charge in [-0.3, -0.25) is 4.79 Å². The molecule has 0 aliphatic carbocycles. The lowest BCUT2D eigenvalue weighted by Crippen LogP contribution is -2.43. The van der Waals surface area contributed by atoms with E-state index in [4.69, 9.17) is 0 Å². The van der Waals surface area contributed by atoms with Gasteiger partial charge in [-0.1, -0.05) is 104 Å². The molecule has 1 aromatic carbocycles. The fraction of sp³-hybridized carbons (Fsp3) is 0.542. The van der Waals surface area contributed by atoms with E-state index in [1.165, 1.54) is 0 Å². The molecule has 1 rings (SSSR count). The minimum absolute atomic E-state index is 0.0633. The third-order valence-electron chi connectivity index (χ3n) is 5.47. The monoisotopic (exact) mass is 368 g/mol. The van der Waals surface area contributed by atoms with Crippen molar-refractivity contribution in [1.82, 2.24) is 0 Å². The Bertz CT molecular complexity index is 635. The highest BCUT2D eigenvalue weighted by molar-refractivity contribution is 6.90. The highest BCUT2D eigenvalue weighted by atomic mass is 28.3. The first-order chi connectivity index (χ1) is 12.3. The Morgan fingerprint density at radius 1 is 1.00 bits per heavy atom. The van der Waals surface area contributed by atoms with Crippen LogP contribution in [0.2, 0.25) is 16.6 Å². The van der Waals surface area contributed by atoms with Crippen LogP contribution in [-0.4, -0.2) is 13.9 Å². The van der Waals surface area contributed by atoms with Crippen LogP contribution in [0.15, 0.2) is 42.0 Å². The number of allylic oxidation sites excluding steroid dienone is 2. The summed E-state index contributed by atoms with van der Waals surface area (Å²) in [4.78, 5) is 13.0. The van der Waals surface area contributed by atoms with Crippen molar-refractivity contribution in [2.24, 2.45) is 0 Å². The minimum atomic E-state index is -1.84. The van der Waals surface area contributed by atoms with Crippen LogP contribution in [0.25, 0.3) is 0 Å². The lowest BCUT2D eigenvalue weighted by atomic mass is 10.0. The van der Waals surface area contributed by atoms with E-state index < -0.39 is 8.07 Å².